The van der Waals surface area contributed by atoms with E-state index in [2.05, 4.69) is 51.9 Å². The molecule has 414 valence electrons. The van der Waals surface area contributed by atoms with Crippen molar-refractivity contribution < 1.29 is 28.9 Å². The number of ketones is 1. The van der Waals surface area contributed by atoms with Gasteiger partial charge in [0, 0.05) is 103 Å². The summed E-state index contributed by atoms with van der Waals surface area (Å²) >= 11 is 1.22. The number of aryl methyl sites for hydroxylation is 1. The summed E-state index contributed by atoms with van der Waals surface area (Å²) in [6.45, 7) is 5.07. The SMILES string of the molecule is CCN(CCC(=O)N[C@@H](CS/C=C/C(=O)c1ccc(C(=O)NCc2cn(CCCCC(=O)Nc3cc4cccnc4c4ncccc34)nn2)cc1)C(=O)NN1CCCCC1)c1ccc(N=Nc2ccc([N+](=O)[O-])c3ccccc23)cc1. The minimum Gasteiger partial charge on any atom is -0.371 e. The fraction of sp³-hybridized carbons (Fsp3) is 0.271. The number of azo groups is 1. The van der Waals surface area contributed by atoms with E-state index in [-0.39, 0.29) is 53.8 Å². The number of nitro benzene ring substituents is 1. The molecule has 0 saturated carbocycles. The van der Waals surface area contributed by atoms with E-state index in [1.54, 1.807) is 95.4 Å². The molecule has 0 unspecified atom stereocenters. The summed E-state index contributed by atoms with van der Waals surface area (Å²) in [5.74, 6) is -1.23. The summed E-state index contributed by atoms with van der Waals surface area (Å²) in [5, 5.41) is 43.8. The second-order valence-electron chi connectivity index (χ2n) is 19.2. The minimum absolute atomic E-state index is 0.00263. The van der Waals surface area contributed by atoms with E-state index in [4.69, 9.17) is 0 Å². The first-order chi connectivity index (χ1) is 39.5. The Morgan fingerprint density at radius 1 is 0.802 bits per heavy atom. The molecule has 4 N–H and O–H groups in total. The molecule has 9 rings (SSSR count). The minimum atomic E-state index is -0.884. The standard InChI is InChI=1S/C59H60N14O7S/c1-2-70(45-23-21-43(22-24-45)65-67-49-25-26-52(73(79)80)47-14-5-4-13-46(47)49)34-27-55(76)64-51(59(78)68-71-31-7-3-8-32-71)39-81-35-28-53(74)40-17-19-41(20-18-40)58(77)62-37-44-38-72(69-66-44)33-9-6-16-54(75)63-50-36-42-12-10-29-60-56(42)57-48(50)15-11-30-61-57/h4-5,10-15,17-26,28-30,35-36,38,51H,2-3,6-9,16,27,31-34,37,39H2,1H3,(H,62,77)(H,63,75)(H,64,76)(H,68,78)/b35-28+,67-65?/t51-/m0/s1. The van der Waals surface area contributed by atoms with Crippen molar-refractivity contribution in [1.29, 1.82) is 0 Å². The van der Waals surface area contributed by atoms with Crippen LogP contribution in [0.4, 0.5) is 28.4 Å². The van der Waals surface area contributed by atoms with Crippen LogP contribution in [0.3, 0.4) is 0 Å². The molecule has 3 aromatic heterocycles. The van der Waals surface area contributed by atoms with Gasteiger partial charge in [-0.3, -0.25) is 54.2 Å². The molecule has 0 spiro atoms. The molecule has 8 aromatic rings. The molecule has 0 radical (unpaired) electrons. The number of carbonyl (C=O) groups excluding carboxylic acids is 5. The average molecular weight is 1110 g/mol. The molecular formula is C59H60N14O7S. The van der Waals surface area contributed by atoms with Gasteiger partial charge in [0.1, 0.15) is 11.7 Å². The summed E-state index contributed by atoms with van der Waals surface area (Å²) < 4.78 is 1.68. The highest BCUT2D eigenvalue weighted by Gasteiger charge is 2.24. The molecule has 5 aromatic carbocycles. The van der Waals surface area contributed by atoms with Crippen molar-refractivity contribution >= 4 is 102 Å². The lowest BCUT2D eigenvalue weighted by molar-refractivity contribution is -0.383. The van der Waals surface area contributed by atoms with Gasteiger partial charge in [0.15, 0.2) is 5.78 Å². The number of piperidine rings is 1. The maximum Gasteiger partial charge on any atom is 0.277 e. The lowest BCUT2D eigenvalue weighted by atomic mass is 10.1. The molecule has 22 heteroatoms. The highest BCUT2D eigenvalue weighted by atomic mass is 32.2. The van der Waals surface area contributed by atoms with Crippen LogP contribution in [-0.2, 0) is 27.5 Å². The van der Waals surface area contributed by atoms with E-state index >= 15 is 0 Å². The van der Waals surface area contributed by atoms with Gasteiger partial charge in [0.05, 0.1) is 51.1 Å². The number of non-ortho nitro benzene ring substituents is 1. The van der Waals surface area contributed by atoms with Gasteiger partial charge < -0.3 is 20.9 Å². The van der Waals surface area contributed by atoms with Crippen LogP contribution in [0.15, 0.2) is 156 Å². The van der Waals surface area contributed by atoms with Gasteiger partial charge in [-0.1, -0.05) is 48.0 Å². The number of nitrogens with one attached hydrogen (secondary N) is 4. The van der Waals surface area contributed by atoms with Crippen molar-refractivity contribution in [1.82, 2.24) is 46.0 Å². The largest absolute Gasteiger partial charge is 0.371 e. The number of rotatable bonds is 25. The number of hydrazine groups is 1. The summed E-state index contributed by atoms with van der Waals surface area (Å²) in [6.07, 6.45) is 11.3. The van der Waals surface area contributed by atoms with Crippen molar-refractivity contribution in [3.63, 3.8) is 0 Å². The molecule has 4 heterocycles. The van der Waals surface area contributed by atoms with E-state index < -0.39 is 11.0 Å². The van der Waals surface area contributed by atoms with Crippen LogP contribution in [0.1, 0.15) is 78.3 Å². The zero-order valence-corrected chi connectivity index (χ0v) is 45.4. The van der Waals surface area contributed by atoms with Crippen molar-refractivity contribution in [2.45, 2.75) is 71.0 Å². The van der Waals surface area contributed by atoms with Crippen LogP contribution in [-0.4, -0.2) is 102 Å². The number of amides is 4. The number of nitro groups is 1. The number of allylic oxidation sites excluding steroid dienone is 1. The Labute approximate surface area is 470 Å². The van der Waals surface area contributed by atoms with Crippen molar-refractivity contribution in [2.24, 2.45) is 10.2 Å². The predicted molar refractivity (Wildman–Crippen MR) is 312 cm³/mol. The van der Waals surface area contributed by atoms with E-state index in [9.17, 15) is 34.1 Å². The van der Waals surface area contributed by atoms with Crippen LogP contribution in [0.2, 0.25) is 0 Å². The van der Waals surface area contributed by atoms with Gasteiger partial charge in [-0.2, -0.15) is 5.11 Å². The summed E-state index contributed by atoms with van der Waals surface area (Å²) in [5.41, 5.74) is 8.40. The molecule has 0 aliphatic carbocycles. The van der Waals surface area contributed by atoms with Gasteiger partial charge in [0.25, 0.3) is 17.5 Å². The molecule has 1 atom stereocenters. The smallest absolute Gasteiger partial charge is 0.277 e. The number of carbonyl (C=O) groups is 5. The van der Waals surface area contributed by atoms with Gasteiger partial charge in [-0.05, 0) is 117 Å². The summed E-state index contributed by atoms with van der Waals surface area (Å²) in [6, 6.07) is 32.2. The highest BCUT2D eigenvalue weighted by molar-refractivity contribution is 8.02. The lowest BCUT2D eigenvalue weighted by Crippen LogP contribution is -2.54. The number of hydrogen-bond acceptors (Lipinski definition) is 16. The third kappa shape index (κ3) is 15.1. The normalized spacial score (nSPS) is 13.1. The quantitative estimate of drug-likeness (QED) is 0.00789. The van der Waals surface area contributed by atoms with Gasteiger partial charge in [-0.15, -0.1) is 22.0 Å². The molecule has 1 fully saturated rings. The second kappa shape index (κ2) is 27.5. The Bertz CT molecular complexity index is 3620. The second-order valence-corrected chi connectivity index (χ2v) is 20.2. The number of fused-ring (bicyclic) bond motifs is 4. The zero-order valence-electron chi connectivity index (χ0n) is 44.6. The first-order valence-corrected chi connectivity index (χ1v) is 27.8. The maximum absolute atomic E-state index is 13.6. The zero-order chi connectivity index (χ0) is 56.5. The van der Waals surface area contributed by atoms with Crippen molar-refractivity contribution in [2.75, 3.05) is 42.1 Å². The molecule has 4 amide bonds. The molecule has 1 saturated heterocycles. The Balaban J connectivity index is 0.706. The Hall–Kier alpha value is -9.28. The molecule has 1 aliphatic rings. The maximum atomic E-state index is 13.6. The summed E-state index contributed by atoms with van der Waals surface area (Å²) in [7, 11) is 0. The Morgan fingerprint density at radius 2 is 1.54 bits per heavy atom. The fourth-order valence-electron chi connectivity index (χ4n) is 9.35. The number of unbranched alkanes of at least 4 members (excludes halogenated alkanes) is 1. The molecular weight excluding hydrogens is 1050 g/mol. The number of benzene rings is 5. The number of nitrogens with zero attached hydrogens (tertiary/aromatic N) is 10. The number of aromatic nitrogens is 5. The van der Waals surface area contributed by atoms with Crippen LogP contribution in [0, 0.1) is 10.1 Å². The Morgan fingerprint density at radius 3 is 2.32 bits per heavy atom. The molecule has 0 bridgehead atoms. The summed E-state index contributed by atoms with van der Waals surface area (Å²) in [4.78, 5) is 88.4. The van der Waals surface area contributed by atoms with Crippen LogP contribution in [0.5, 0.6) is 0 Å². The highest BCUT2D eigenvalue weighted by Crippen LogP contribution is 2.34. The lowest BCUT2D eigenvalue weighted by Gasteiger charge is -2.29. The third-order valence-corrected chi connectivity index (χ3v) is 14.5. The molecule has 81 heavy (non-hydrogen) atoms. The van der Waals surface area contributed by atoms with Crippen LogP contribution in [0.25, 0.3) is 32.6 Å². The molecule has 21 nitrogen and oxygen atoms in total. The number of pyridine rings is 2. The first kappa shape index (κ1) is 56.4. The van der Waals surface area contributed by atoms with Gasteiger partial charge in [-0.25, -0.2) is 5.01 Å². The van der Waals surface area contributed by atoms with Crippen LogP contribution < -0.4 is 26.3 Å². The van der Waals surface area contributed by atoms with E-state index in [0.717, 1.165) is 46.8 Å². The van der Waals surface area contributed by atoms with Crippen molar-refractivity contribution in [3.8, 4) is 0 Å². The number of thioether (sulfide) groups is 1. The first-order valence-electron chi connectivity index (χ1n) is 26.8. The topological polar surface area (TPSA) is 264 Å². The van der Waals surface area contributed by atoms with E-state index in [1.165, 1.54) is 23.9 Å². The number of hydrogen-bond donors (Lipinski definition) is 4. The fourth-order valence-corrected chi connectivity index (χ4v) is 10.1. The van der Waals surface area contributed by atoms with Crippen molar-refractivity contribution in [3.05, 3.63) is 172 Å². The Kier molecular flexibility index (Phi) is 19.2. The molecule has 1 aliphatic heterocycles. The van der Waals surface area contributed by atoms with E-state index in [1.807, 2.05) is 59.3 Å². The monoisotopic (exact) mass is 1110 g/mol. The predicted octanol–water partition coefficient (Wildman–Crippen LogP) is 9.94. The third-order valence-electron chi connectivity index (χ3n) is 13.6. The van der Waals surface area contributed by atoms with Gasteiger partial charge in [0.2, 0.25) is 11.8 Å². The van der Waals surface area contributed by atoms with Gasteiger partial charge >= 0.3 is 0 Å². The number of anilines is 2. The average Bonchev–Trinajstić information content (AvgIpc) is 4.02. The van der Waals surface area contributed by atoms with E-state index in [0.29, 0.717) is 96.6 Å². The van der Waals surface area contributed by atoms with Crippen LogP contribution >= 0.6 is 11.8 Å².